The first-order valence-electron chi connectivity index (χ1n) is 6.16. The zero-order valence-corrected chi connectivity index (χ0v) is 11.5. The minimum absolute atomic E-state index is 0.0769. The van der Waals surface area contributed by atoms with E-state index in [2.05, 4.69) is 11.4 Å². The molecule has 0 bridgehead atoms. The fourth-order valence-corrected chi connectivity index (χ4v) is 1.65. The van der Waals surface area contributed by atoms with Crippen molar-refractivity contribution >= 4 is 11.9 Å². The predicted molar refractivity (Wildman–Crippen MR) is 73.9 cm³/mol. The Morgan fingerprint density at radius 1 is 1.21 bits per heavy atom. The molecule has 1 amide bonds. The Kier molecular flexibility index (Phi) is 5.30. The Morgan fingerprint density at radius 3 is 2.47 bits per heavy atom. The number of carboxylic acids is 1. The third kappa shape index (κ3) is 4.58. The van der Waals surface area contributed by atoms with Crippen LogP contribution in [0.5, 0.6) is 0 Å². The second-order valence-electron chi connectivity index (χ2n) is 4.55. The molecule has 102 valence electrons. The maximum absolute atomic E-state index is 11.7. The molecule has 0 heterocycles. The van der Waals surface area contributed by atoms with Gasteiger partial charge >= 0.3 is 5.97 Å². The number of carboxylic acid groups (broad SMARTS) is 1. The summed E-state index contributed by atoms with van der Waals surface area (Å²) in [4.78, 5) is 22.5. The van der Waals surface area contributed by atoms with Crippen molar-refractivity contribution in [2.24, 2.45) is 0 Å². The van der Waals surface area contributed by atoms with E-state index in [9.17, 15) is 9.59 Å². The van der Waals surface area contributed by atoms with Gasteiger partial charge in [0.25, 0.3) is 0 Å². The lowest BCUT2D eigenvalue weighted by atomic mass is 10.1. The number of aliphatic carboxylic acids is 1. The highest BCUT2D eigenvalue weighted by molar-refractivity contribution is 6.01. The second kappa shape index (κ2) is 6.73. The summed E-state index contributed by atoms with van der Waals surface area (Å²) in [6, 6.07) is 8.07. The van der Waals surface area contributed by atoms with Gasteiger partial charge in [-0.15, -0.1) is 0 Å². The molecule has 1 aromatic rings. The predicted octanol–water partition coefficient (Wildman–Crippen LogP) is 2.07. The minimum Gasteiger partial charge on any atom is -0.478 e. The molecule has 4 heteroatoms. The fraction of sp³-hybridized carbons (Fsp3) is 0.333. The Morgan fingerprint density at radius 2 is 1.89 bits per heavy atom. The highest BCUT2D eigenvalue weighted by atomic mass is 16.4. The van der Waals surface area contributed by atoms with Crippen molar-refractivity contribution in [2.75, 3.05) is 6.54 Å². The average molecular weight is 261 g/mol. The van der Waals surface area contributed by atoms with Gasteiger partial charge in [-0.05, 0) is 32.8 Å². The molecule has 2 N–H and O–H groups in total. The molecule has 1 aromatic carbocycles. The van der Waals surface area contributed by atoms with E-state index in [0.29, 0.717) is 6.54 Å². The molecule has 0 saturated heterocycles. The van der Waals surface area contributed by atoms with Gasteiger partial charge < -0.3 is 10.4 Å². The van der Waals surface area contributed by atoms with Crippen LogP contribution < -0.4 is 5.32 Å². The molecule has 0 aliphatic heterocycles. The Balaban J connectivity index is 2.52. The molecule has 0 aliphatic rings. The highest BCUT2D eigenvalue weighted by Crippen LogP contribution is 2.05. The molecule has 19 heavy (non-hydrogen) atoms. The van der Waals surface area contributed by atoms with Crippen LogP contribution in [0.4, 0.5) is 0 Å². The average Bonchev–Trinajstić information content (AvgIpc) is 2.36. The lowest BCUT2D eigenvalue weighted by Crippen LogP contribution is -2.27. The number of amides is 1. The molecule has 0 spiro atoms. The van der Waals surface area contributed by atoms with Gasteiger partial charge in [0.2, 0.25) is 5.91 Å². The Hall–Kier alpha value is -2.10. The molecule has 0 aromatic heterocycles. The summed E-state index contributed by atoms with van der Waals surface area (Å²) < 4.78 is 0. The van der Waals surface area contributed by atoms with Crippen LogP contribution in [0.15, 0.2) is 35.4 Å². The standard InChI is InChI=1S/C15H19NO3/c1-10-5-4-6-13(9-10)7-8-16-14(17)11(2)12(3)15(18)19/h4-6,9H,7-8H2,1-3H3,(H,16,17)(H,18,19). The van der Waals surface area contributed by atoms with Crippen LogP contribution in [0.25, 0.3) is 0 Å². The highest BCUT2D eigenvalue weighted by Gasteiger charge is 2.11. The van der Waals surface area contributed by atoms with Crippen LogP contribution in [0.3, 0.4) is 0 Å². The first-order valence-corrected chi connectivity index (χ1v) is 6.16. The zero-order valence-electron chi connectivity index (χ0n) is 11.5. The lowest BCUT2D eigenvalue weighted by Gasteiger charge is -2.07. The topological polar surface area (TPSA) is 66.4 Å². The Labute approximate surface area is 113 Å². The first kappa shape index (κ1) is 15.0. The molecule has 0 unspecified atom stereocenters. The summed E-state index contributed by atoms with van der Waals surface area (Å²) in [5.41, 5.74) is 2.66. The maximum atomic E-state index is 11.7. The van der Waals surface area contributed by atoms with E-state index >= 15 is 0 Å². The van der Waals surface area contributed by atoms with E-state index in [-0.39, 0.29) is 17.1 Å². The SMILES string of the molecule is CC(C(=O)O)=C(C)C(=O)NCCc1cccc(C)c1. The van der Waals surface area contributed by atoms with E-state index in [1.165, 1.54) is 19.4 Å². The molecule has 0 atom stereocenters. The van der Waals surface area contributed by atoms with Gasteiger partial charge in [0.1, 0.15) is 0 Å². The third-order valence-corrected chi connectivity index (χ3v) is 3.01. The van der Waals surface area contributed by atoms with Crippen molar-refractivity contribution < 1.29 is 14.7 Å². The minimum atomic E-state index is -1.06. The lowest BCUT2D eigenvalue weighted by molar-refractivity contribution is -0.133. The van der Waals surface area contributed by atoms with Crippen LogP contribution >= 0.6 is 0 Å². The van der Waals surface area contributed by atoms with Crippen molar-refractivity contribution in [3.8, 4) is 0 Å². The maximum Gasteiger partial charge on any atom is 0.331 e. The summed E-state index contributed by atoms with van der Waals surface area (Å²) in [6.45, 7) is 5.46. The molecule has 4 nitrogen and oxygen atoms in total. The second-order valence-corrected chi connectivity index (χ2v) is 4.55. The van der Waals surface area contributed by atoms with Gasteiger partial charge in [-0.2, -0.15) is 0 Å². The monoisotopic (exact) mass is 261 g/mol. The van der Waals surface area contributed by atoms with Crippen molar-refractivity contribution in [1.82, 2.24) is 5.32 Å². The van der Waals surface area contributed by atoms with Crippen molar-refractivity contribution in [3.05, 3.63) is 46.5 Å². The van der Waals surface area contributed by atoms with E-state index in [1.807, 2.05) is 25.1 Å². The van der Waals surface area contributed by atoms with Crippen molar-refractivity contribution in [3.63, 3.8) is 0 Å². The van der Waals surface area contributed by atoms with Crippen molar-refractivity contribution in [2.45, 2.75) is 27.2 Å². The summed E-state index contributed by atoms with van der Waals surface area (Å²) in [5, 5.41) is 11.5. The number of hydrogen-bond donors (Lipinski definition) is 2. The molecule has 0 aliphatic carbocycles. The van der Waals surface area contributed by atoms with Gasteiger partial charge in [0.15, 0.2) is 0 Å². The Bertz CT molecular complexity index is 518. The number of aryl methyl sites for hydroxylation is 1. The number of rotatable bonds is 5. The third-order valence-electron chi connectivity index (χ3n) is 3.01. The van der Waals surface area contributed by atoms with Crippen molar-refractivity contribution in [1.29, 1.82) is 0 Å². The molecule has 0 fully saturated rings. The van der Waals surface area contributed by atoms with Crippen LogP contribution in [-0.2, 0) is 16.0 Å². The van der Waals surface area contributed by atoms with E-state index in [0.717, 1.165) is 12.0 Å². The number of carbonyl (C=O) groups excluding carboxylic acids is 1. The van der Waals surface area contributed by atoms with Gasteiger partial charge in [-0.25, -0.2) is 4.79 Å². The molecule has 0 radical (unpaired) electrons. The largest absolute Gasteiger partial charge is 0.478 e. The quantitative estimate of drug-likeness (QED) is 0.797. The van der Waals surface area contributed by atoms with Crippen LogP contribution in [0.1, 0.15) is 25.0 Å². The molecular weight excluding hydrogens is 242 g/mol. The van der Waals surface area contributed by atoms with Gasteiger partial charge in [-0.3, -0.25) is 4.79 Å². The summed E-state index contributed by atoms with van der Waals surface area (Å²) in [6.07, 6.45) is 0.729. The number of hydrogen-bond acceptors (Lipinski definition) is 2. The normalized spacial score (nSPS) is 11.7. The number of carbonyl (C=O) groups is 2. The van der Waals surface area contributed by atoms with Gasteiger partial charge in [-0.1, -0.05) is 29.8 Å². The smallest absolute Gasteiger partial charge is 0.331 e. The molecule has 1 rings (SSSR count). The summed E-state index contributed by atoms with van der Waals surface area (Å²) >= 11 is 0. The molecular formula is C15H19NO3. The van der Waals surface area contributed by atoms with E-state index in [1.54, 1.807) is 0 Å². The molecule has 0 saturated carbocycles. The summed E-state index contributed by atoms with van der Waals surface area (Å²) in [7, 11) is 0. The van der Waals surface area contributed by atoms with Gasteiger partial charge in [0, 0.05) is 17.7 Å². The van der Waals surface area contributed by atoms with Crippen LogP contribution in [0, 0.1) is 6.92 Å². The number of nitrogens with one attached hydrogen (secondary N) is 1. The zero-order chi connectivity index (χ0) is 14.4. The van der Waals surface area contributed by atoms with E-state index in [4.69, 9.17) is 5.11 Å². The summed E-state index contributed by atoms with van der Waals surface area (Å²) in [5.74, 6) is -1.39. The van der Waals surface area contributed by atoms with Crippen LogP contribution in [-0.4, -0.2) is 23.5 Å². The van der Waals surface area contributed by atoms with E-state index < -0.39 is 5.97 Å². The van der Waals surface area contributed by atoms with Gasteiger partial charge in [0.05, 0.1) is 0 Å². The van der Waals surface area contributed by atoms with Crippen LogP contribution in [0.2, 0.25) is 0 Å². The fourth-order valence-electron chi connectivity index (χ4n) is 1.65. The first-order chi connectivity index (χ1) is 8.91. The number of benzene rings is 1.